The molecule has 1 aliphatic rings. The number of carbonyl (C=O) groups is 1. The molecule has 1 heterocycles. The Balaban J connectivity index is 1.83. The summed E-state index contributed by atoms with van der Waals surface area (Å²) in [4.78, 5) is 16.4. The number of nitrogen functional groups attached to an aromatic ring is 1. The van der Waals surface area contributed by atoms with Gasteiger partial charge in [-0.15, -0.1) is 0 Å². The van der Waals surface area contributed by atoms with Crippen LogP contribution in [0, 0.1) is 0 Å². The van der Waals surface area contributed by atoms with Crippen LogP contribution < -0.4 is 5.73 Å². The van der Waals surface area contributed by atoms with Gasteiger partial charge in [-0.2, -0.15) is 0 Å². The van der Waals surface area contributed by atoms with Crippen molar-refractivity contribution in [2.75, 3.05) is 38.5 Å². The predicted molar refractivity (Wildman–Crippen MR) is 83.9 cm³/mol. The zero-order chi connectivity index (χ0) is 15.5. The van der Waals surface area contributed by atoms with Gasteiger partial charge in [-0.25, -0.2) is 0 Å². The van der Waals surface area contributed by atoms with Crippen LogP contribution >= 0.6 is 0 Å². The normalized spacial score (nSPS) is 17.0. The molecule has 0 aromatic heterocycles. The fraction of sp³-hybridized carbons (Fsp3) is 0.562. The van der Waals surface area contributed by atoms with Crippen molar-refractivity contribution in [1.82, 2.24) is 9.80 Å². The number of amides is 1. The largest absolute Gasteiger partial charge is 0.399 e. The summed E-state index contributed by atoms with van der Waals surface area (Å²) >= 11 is 0. The Morgan fingerprint density at radius 1 is 1.29 bits per heavy atom. The molecule has 5 nitrogen and oxygen atoms in total. The molecule has 2 rings (SSSR count). The first-order valence-electron chi connectivity index (χ1n) is 7.40. The van der Waals surface area contributed by atoms with E-state index in [4.69, 9.17) is 5.73 Å². The minimum Gasteiger partial charge on any atom is -0.399 e. The summed E-state index contributed by atoms with van der Waals surface area (Å²) in [6.07, 6.45) is 0.399. The van der Waals surface area contributed by atoms with Gasteiger partial charge in [0.25, 0.3) is 0 Å². The van der Waals surface area contributed by atoms with E-state index in [0.717, 1.165) is 31.7 Å². The number of nitrogens with zero attached hydrogens (tertiary/aromatic N) is 2. The number of piperazine rings is 1. The molecular weight excluding hydrogens is 266 g/mol. The third-order valence-electron chi connectivity index (χ3n) is 3.64. The van der Waals surface area contributed by atoms with E-state index in [9.17, 15) is 9.90 Å². The van der Waals surface area contributed by atoms with Crippen LogP contribution in [-0.2, 0) is 11.2 Å². The van der Waals surface area contributed by atoms with Crippen LogP contribution in [-0.4, -0.2) is 59.1 Å². The lowest BCUT2D eigenvalue weighted by atomic mass is 10.1. The Labute approximate surface area is 126 Å². The Kier molecular flexibility index (Phi) is 4.85. The van der Waals surface area contributed by atoms with E-state index in [2.05, 4.69) is 4.90 Å². The molecule has 0 radical (unpaired) electrons. The summed E-state index contributed by atoms with van der Waals surface area (Å²) in [5.41, 5.74) is 6.70. The Morgan fingerprint density at radius 2 is 1.95 bits per heavy atom. The molecule has 0 bridgehead atoms. The van der Waals surface area contributed by atoms with Crippen LogP contribution in [0.15, 0.2) is 24.3 Å². The highest BCUT2D eigenvalue weighted by Gasteiger charge is 2.24. The van der Waals surface area contributed by atoms with Crippen molar-refractivity contribution in [3.8, 4) is 0 Å². The molecule has 116 valence electrons. The second-order valence-corrected chi connectivity index (χ2v) is 6.39. The number of anilines is 1. The van der Waals surface area contributed by atoms with E-state index in [-0.39, 0.29) is 5.91 Å². The monoisotopic (exact) mass is 291 g/mol. The molecule has 1 aromatic rings. The van der Waals surface area contributed by atoms with Crippen LogP contribution in [0.1, 0.15) is 19.4 Å². The molecule has 5 heteroatoms. The summed E-state index contributed by atoms with van der Waals surface area (Å²) in [5.74, 6) is 0.142. The van der Waals surface area contributed by atoms with Crippen LogP contribution in [0.2, 0.25) is 0 Å². The number of hydrogen-bond donors (Lipinski definition) is 2. The third kappa shape index (κ3) is 5.02. The van der Waals surface area contributed by atoms with Gasteiger partial charge in [0.15, 0.2) is 0 Å². The number of nitrogens with two attached hydrogens (primary N) is 1. The predicted octanol–water partition coefficient (Wildman–Crippen LogP) is 0.726. The molecule has 0 spiro atoms. The molecule has 1 saturated heterocycles. The first-order chi connectivity index (χ1) is 9.83. The van der Waals surface area contributed by atoms with Gasteiger partial charge in [0.05, 0.1) is 12.0 Å². The molecule has 21 heavy (non-hydrogen) atoms. The second-order valence-electron chi connectivity index (χ2n) is 6.39. The molecule has 1 fully saturated rings. The fourth-order valence-electron chi connectivity index (χ4n) is 2.69. The second kappa shape index (κ2) is 6.45. The van der Waals surface area contributed by atoms with Crippen molar-refractivity contribution in [3.63, 3.8) is 0 Å². The molecule has 3 N–H and O–H groups in total. The van der Waals surface area contributed by atoms with Gasteiger partial charge < -0.3 is 15.7 Å². The van der Waals surface area contributed by atoms with Crippen LogP contribution in [0.25, 0.3) is 0 Å². The van der Waals surface area contributed by atoms with Crippen LogP contribution in [0.3, 0.4) is 0 Å². The Bertz CT molecular complexity index is 489. The van der Waals surface area contributed by atoms with Crippen molar-refractivity contribution < 1.29 is 9.90 Å². The number of aliphatic hydroxyl groups is 1. The number of β-amino-alcohol motifs (C(OH)–C–C–N with tert-alkyl or cyclic N) is 1. The van der Waals surface area contributed by atoms with Crippen LogP contribution in [0.4, 0.5) is 5.69 Å². The van der Waals surface area contributed by atoms with Gasteiger partial charge in [0, 0.05) is 38.4 Å². The number of hydrogen-bond acceptors (Lipinski definition) is 4. The topological polar surface area (TPSA) is 69.8 Å². The van der Waals surface area contributed by atoms with Crippen molar-refractivity contribution in [2.45, 2.75) is 25.9 Å². The van der Waals surface area contributed by atoms with Crippen molar-refractivity contribution >= 4 is 11.6 Å². The molecule has 0 unspecified atom stereocenters. The summed E-state index contributed by atoms with van der Waals surface area (Å²) in [5, 5.41) is 9.83. The summed E-state index contributed by atoms with van der Waals surface area (Å²) in [6, 6.07) is 7.48. The highest BCUT2D eigenvalue weighted by atomic mass is 16.3. The SMILES string of the molecule is CC(C)(O)CN1CCN(C(=O)Cc2cccc(N)c2)CC1. The maximum Gasteiger partial charge on any atom is 0.227 e. The van der Waals surface area contributed by atoms with Gasteiger partial charge in [-0.1, -0.05) is 12.1 Å². The van der Waals surface area contributed by atoms with E-state index < -0.39 is 5.60 Å². The minimum absolute atomic E-state index is 0.142. The summed E-state index contributed by atoms with van der Waals surface area (Å²) in [6.45, 7) is 7.33. The van der Waals surface area contributed by atoms with E-state index in [1.807, 2.05) is 43.0 Å². The lowest BCUT2D eigenvalue weighted by molar-refractivity contribution is -0.132. The first kappa shape index (κ1) is 15.8. The Hall–Kier alpha value is -1.59. The maximum absolute atomic E-state index is 12.3. The number of rotatable bonds is 4. The van der Waals surface area contributed by atoms with Crippen LogP contribution in [0.5, 0.6) is 0 Å². The highest BCUT2D eigenvalue weighted by molar-refractivity contribution is 5.79. The third-order valence-corrected chi connectivity index (χ3v) is 3.64. The zero-order valence-corrected chi connectivity index (χ0v) is 12.9. The molecule has 0 saturated carbocycles. The lowest BCUT2D eigenvalue weighted by Crippen LogP contribution is -2.52. The lowest BCUT2D eigenvalue weighted by Gasteiger charge is -2.37. The average molecular weight is 291 g/mol. The zero-order valence-electron chi connectivity index (χ0n) is 12.9. The van der Waals surface area contributed by atoms with Gasteiger partial charge in [-0.05, 0) is 31.5 Å². The average Bonchev–Trinajstić information content (AvgIpc) is 2.37. The summed E-state index contributed by atoms with van der Waals surface area (Å²) in [7, 11) is 0. The standard InChI is InChI=1S/C16H25N3O2/c1-16(2,21)12-18-6-8-19(9-7-18)15(20)11-13-4-3-5-14(17)10-13/h3-5,10,21H,6-9,11-12,17H2,1-2H3. The van der Waals surface area contributed by atoms with Crippen molar-refractivity contribution in [2.24, 2.45) is 0 Å². The molecule has 1 aliphatic heterocycles. The molecular formula is C16H25N3O2. The van der Waals surface area contributed by atoms with E-state index in [1.54, 1.807) is 0 Å². The van der Waals surface area contributed by atoms with Crippen molar-refractivity contribution in [1.29, 1.82) is 0 Å². The van der Waals surface area contributed by atoms with E-state index >= 15 is 0 Å². The molecule has 0 aliphatic carbocycles. The number of benzene rings is 1. The smallest absolute Gasteiger partial charge is 0.227 e. The van der Waals surface area contributed by atoms with Gasteiger partial charge >= 0.3 is 0 Å². The fourth-order valence-corrected chi connectivity index (χ4v) is 2.69. The minimum atomic E-state index is -0.687. The quantitative estimate of drug-likeness (QED) is 0.802. The Morgan fingerprint density at radius 3 is 2.52 bits per heavy atom. The van der Waals surface area contributed by atoms with E-state index in [0.29, 0.717) is 18.7 Å². The van der Waals surface area contributed by atoms with Gasteiger partial charge in [-0.3, -0.25) is 9.69 Å². The summed E-state index contributed by atoms with van der Waals surface area (Å²) < 4.78 is 0. The van der Waals surface area contributed by atoms with E-state index in [1.165, 1.54) is 0 Å². The van der Waals surface area contributed by atoms with Gasteiger partial charge in [0.2, 0.25) is 5.91 Å². The molecule has 1 aromatic carbocycles. The first-order valence-corrected chi connectivity index (χ1v) is 7.40. The van der Waals surface area contributed by atoms with Crippen molar-refractivity contribution in [3.05, 3.63) is 29.8 Å². The maximum atomic E-state index is 12.3. The number of carbonyl (C=O) groups excluding carboxylic acids is 1. The van der Waals surface area contributed by atoms with Gasteiger partial charge in [0.1, 0.15) is 0 Å². The molecule has 0 atom stereocenters. The molecule has 1 amide bonds. The highest BCUT2D eigenvalue weighted by Crippen LogP contribution is 2.12.